The van der Waals surface area contributed by atoms with Crippen LogP contribution in [0.2, 0.25) is 0 Å². The summed E-state index contributed by atoms with van der Waals surface area (Å²) >= 11 is 1.68. The highest BCUT2D eigenvalue weighted by molar-refractivity contribution is 7.98. The number of aromatic amines is 1. The van der Waals surface area contributed by atoms with Gasteiger partial charge in [0, 0.05) is 36.3 Å². The van der Waals surface area contributed by atoms with E-state index in [4.69, 9.17) is 4.74 Å². The van der Waals surface area contributed by atoms with E-state index in [9.17, 15) is 0 Å². The van der Waals surface area contributed by atoms with Crippen LogP contribution in [0.5, 0.6) is 0 Å². The van der Waals surface area contributed by atoms with Gasteiger partial charge in [0.05, 0.1) is 24.9 Å². The number of fused-ring (bicyclic) bond motifs is 1. The lowest BCUT2D eigenvalue weighted by Crippen LogP contribution is -2.23. The van der Waals surface area contributed by atoms with Crippen molar-refractivity contribution < 1.29 is 4.74 Å². The van der Waals surface area contributed by atoms with E-state index in [0.29, 0.717) is 0 Å². The van der Waals surface area contributed by atoms with E-state index in [1.165, 1.54) is 16.6 Å². The van der Waals surface area contributed by atoms with Crippen molar-refractivity contribution in [2.75, 3.05) is 13.7 Å². The quantitative estimate of drug-likeness (QED) is 0.386. The molecule has 32 heavy (non-hydrogen) atoms. The number of hydrogen-bond acceptors (Lipinski definition) is 6. The summed E-state index contributed by atoms with van der Waals surface area (Å²) in [7, 11) is 2.12. The lowest BCUT2D eigenvalue weighted by atomic mass is 10.2. The first kappa shape index (κ1) is 21.2. The van der Waals surface area contributed by atoms with Crippen molar-refractivity contribution in [3.05, 3.63) is 71.9 Å². The van der Waals surface area contributed by atoms with Crippen molar-refractivity contribution in [3.8, 4) is 0 Å². The lowest BCUT2D eigenvalue weighted by molar-refractivity contribution is 0.0934. The summed E-state index contributed by atoms with van der Waals surface area (Å²) in [6.07, 6.45) is 4.28. The van der Waals surface area contributed by atoms with Crippen molar-refractivity contribution in [3.63, 3.8) is 0 Å². The average Bonchev–Trinajstić information content (AvgIpc) is 3.54. The molecule has 1 aliphatic heterocycles. The first-order chi connectivity index (χ1) is 15.7. The number of rotatable bonds is 9. The molecule has 1 fully saturated rings. The molecule has 1 aromatic carbocycles. The van der Waals surface area contributed by atoms with Crippen LogP contribution in [0.25, 0.3) is 10.9 Å². The summed E-state index contributed by atoms with van der Waals surface area (Å²) in [5.74, 6) is 1.75. The van der Waals surface area contributed by atoms with Crippen LogP contribution in [0.15, 0.2) is 59.9 Å². The van der Waals surface area contributed by atoms with Gasteiger partial charge in [-0.2, -0.15) is 0 Å². The molecule has 4 aromatic rings. The zero-order valence-electron chi connectivity index (χ0n) is 18.3. The number of thioether (sulfide) groups is 1. The molecule has 1 aliphatic rings. The molecule has 0 spiro atoms. The number of para-hydroxylation sites is 1. The Labute approximate surface area is 192 Å². The number of nitrogens with one attached hydrogen (secondary N) is 1. The van der Waals surface area contributed by atoms with Crippen LogP contribution < -0.4 is 0 Å². The second kappa shape index (κ2) is 9.85. The van der Waals surface area contributed by atoms with Gasteiger partial charge in [0.15, 0.2) is 5.16 Å². The van der Waals surface area contributed by atoms with Crippen molar-refractivity contribution in [1.82, 2.24) is 29.6 Å². The highest BCUT2D eigenvalue weighted by atomic mass is 32.2. The topological polar surface area (TPSA) is 71.9 Å². The summed E-state index contributed by atoms with van der Waals surface area (Å²) in [5.41, 5.74) is 3.41. The molecule has 3 aromatic heterocycles. The Balaban J connectivity index is 1.30. The third-order valence-electron chi connectivity index (χ3n) is 5.72. The summed E-state index contributed by atoms with van der Waals surface area (Å²) in [6.45, 7) is 3.18. The van der Waals surface area contributed by atoms with Crippen LogP contribution in [-0.4, -0.2) is 49.4 Å². The van der Waals surface area contributed by atoms with E-state index in [-0.39, 0.29) is 6.10 Å². The number of H-pyrrole nitrogens is 1. The van der Waals surface area contributed by atoms with Crippen molar-refractivity contribution in [2.45, 2.75) is 49.5 Å². The molecule has 0 bridgehead atoms. The number of pyridine rings is 1. The minimum absolute atomic E-state index is 0.234. The summed E-state index contributed by atoms with van der Waals surface area (Å²) in [4.78, 5) is 10.2. The van der Waals surface area contributed by atoms with Gasteiger partial charge in [-0.3, -0.25) is 9.88 Å². The third kappa shape index (κ3) is 5.03. The molecule has 1 unspecified atom stereocenters. The Morgan fingerprint density at radius 3 is 2.88 bits per heavy atom. The standard InChI is InChI=1S/C24H28N6OS/c1-29(14-20-13-18-7-2-3-10-22(18)26-20)16-23-27-28-24(30(23)15-21-9-6-12-31-21)32-17-19-8-4-5-11-25-19/h2-5,7-8,10-11,13,21,26H,6,9,12,14-17H2,1H3. The second-order valence-corrected chi connectivity index (χ2v) is 9.25. The molecule has 7 nitrogen and oxygen atoms in total. The fraction of sp³-hybridized carbons (Fsp3) is 0.375. The van der Waals surface area contributed by atoms with E-state index in [2.05, 4.69) is 67.0 Å². The SMILES string of the molecule is CN(Cc1cc2ccccc2[nH]1)Cc1nnc(SCc2ccccn2)n1CC1CCCO1. The van der Waals surface area contributed by atoms with Crippen LogP contribution in [-0.2, 0) is 30.1 Å². The van der Waals surface area contributed by atoms with Crippen LogP contribution in [0.3, 0.4) is 0 Å². The van der Waals surface area contributed by atoms with Gasteiger partial charge in [0.2, 0.25) is 0 Å². The Bertz CT molecular complexity index is 1120. The second-order valence-electron chi connectivity index (χ2n) is 8.31. The molecule has 166 valence electrons. The van der Waals surface area contributed by atoms with E-state index < -0.39 is 0 Å². The summed E-state index contributed by atoms with van der Waals surface area (Å²) in [6, 6.07) is 16.6. The molecular weight excluding hydrogens is 420 g/mol. The highest BCUT2D eigenvalue weighted by Gasteiger charge is 2.22. The van der Waals surface area contributed by atoms with E-state index >= 15 is 0 Å². The predicted octanol–water partition coefficient (Wildman–Crippen LogP) is 4.26. The zero-order valence-corrected chi connectivity index (χ0v) is 19.1. The first-order valence-corrected chi connectivity index (χ1v) is 12.0. The van der Waals surface area contributed by atoms with Crippen molar-refractivity contribution in [1.29, 1.82) is 0 Å². The van der Waals surface area contributed by atoms with E-state index in [1.54, 1.807) is 11.8 Å². The maximum Gasteiger partial charge on any atom is 0.191 e. The number of aromatic nitrogens is 5. The summed E-state index contributed by atoms with van der Waals surface area (Å²) in [5, 5.41) is 11.3. The van der Waals surface area contributed by atoms with Crippen molar-refractivity contribution in [2.24, 2.45) is 0 Å². The van der Waals surface area contributed by atoms with Gasteiger partial charge in [-0.05, 0) is 49.5 Å². The largest absolute Gasteiger partial charge is 0.376 e. The number of ether oxygens (including phenoxy) is 1. The van der Waals surface area contributed by atoms with Gasteiger partial charge in [-0.1, -0.05) is 36.0 Å². The molecule has 8 heteroatoms. The van der Waals surface area contributed by atoms with Gasteiger partial charge >= 0.3 is 0 Å². The van der Waals surface area contributed by atoms with E-state index in [0.717, 1.165) is 61.5 Å². The number of nitrogens with zero attached hydrogens (tertiary/aromatic N) is 5. The summed E-state index contributed by atoms with van der Waals surface area (Å²) < 4.78 is 8.16. The fourth-order valence-corrected chi connectivity index (χ4v) is 5.03. The fourth-order valence-electron chi connectivity index (χ4n) is 4.15. The number of benzene rings is 1. The van der Waals surface area contributed by atoms with Crippen LogP contribution >= 0.6 is 11.8 Å². The molecule has 0 radical (unpaired) electrons. The van der Waals surface area contributed by atoms with Gasteiger partial charge in [0.1, 0.15) is 5.82 Å². The molecule has 0 amide bonds. The molecule has 0 aliphatic carbocycles. The first-order valence-electron chi connectivity index (χ1n) is 11.1. The minimum Gasteiger partial charge on any atom is -0.376 e. The predicted molar refractivity (Wildman–Crippen MR) is 126 cm³/mol. The average molecular weight is 449 g/mol. The maximum absolute atomic E-state index is 5.92. The van der Waals surface area contributed by atoms with Gasteiger partial charge in [0.25, 0.3) is 0 Å². The molecule has 1 saturated heterocycles. The molecule has 1 atom stereocenters. The molecule has 0 saturated carbocycles. The molecular formula is C24H28N6OS. The van der Waals surface area contributed by atoms with Crippen LogP contribution in [0.4, 0.5) is 0 Å². The van der Waals surface area contributed by atoms with Gasteiger partial charge in [-0.15, -0.1) is 10.2 Å². The maximum atomic E-state index is 5.92. The highest BCUT2D eigenvalue weighted by Crippen LogP contribution is 2.24. The minimum atomic E-state index is 0.234. The Hall–Kier alpha value is -2.68. The molecule has 1 N–H and O–H groups in total. The van der Waals surface area contributed by atoms with E-state index in [1.807, 2.05) is 24.4 Å². The Kier molecular flexibility index (Phi) is 6.52. The zero-order chi connectivity index (χ0) is 21.8. The Morgan fingerprint density at radius 1 is 1.16 bits per heavy atom. The van der Waals surface area contributed by atoms with Gasteiger partial charge in [-0.25, -0.2) is 0 Å². The lowest BCUT2D eigenvalue weighted by Gasteiger charge is -2.18. The number of hydrogen-bond donors (Lipinski definition) is 1. The van der Waals surface area contributed by atoms with Gasteiger partial charge < -0.3 is 14.3 Å². The molecule has 4 heterocycles. The monoisotopic (exact) mass is 448 g/mol. The van der Waals surface area contributed by atoms with Crippen LogP contribution in [0.1, 0.15) is 30.1 Å². The third-order valence-corrected chi connectivity index (χ3v) is 6.72. The smallest absolute Gasteiger partial charge is 0.191 e. The van der Waals surface area contributed by atoms with Crippen LogP contribution in [0, 0.1) is 0 Å². The molecule has 5 rings (SSSR count). The van der Waals surface area contributed by atoms with Crippen molar-refractivity contribution >= 4 is 22.7 Å². The Morgan fingerprint density at radius 2 is 2.06 bits per heavy atom. The normalized spacial score (nSPS) is 16.4.